The molecular weight excluding hydrogens is 513 g/mol. The van der Waals surface area contributed by atoms with Gasteiger partial charge >= 0.3 is 0 Å². The van der Waals surface area contributed by atoms with Crippen LogP contribution in [0.5, 0.6) is 5.88 Å². The van der Waals surface area contributed by atoms with Gasteiger partial charge in [0.25, 0.3) is 0 Å². The number of nitrogens with zero attached hydrogens (tertiary/aromatic N) is 6. The van der Waals surface area contributed by atoms with E-state index in [1.807, 2.05) is 19.9 Å². The topological polar surface area (TPSA) is 164 Å². The maximum Gasteiger partial charge on any atom is 0.250 e. The molecule has 5 N–H and O–H groups in total. The summed E-state index contributed by atoms with van der Waals surface area (Å²) in [5.74, 6) is 0.0313. The lowest BCUT2D eigenvalue weighted by molar-refractivity contribution is 0.0905. The van der Waals surface area contributed by atoms with E-state index in [-0.39, 0.29) is 29.6 Å². The Morgan fingerprint density at radius 1 is 1.26 bits per heavy atom. The number of nitrogens with one attached hydrogen (secondary N) is 1. The molecule has 0 aliphatic carbocycles. The minimum Gasteiger partial charge on any atom is -0.479 e. The number of hydrogen-bond acceptors (Lipinski definition) is 9. The zero-order chi connectivity index (χ0) is 28.2. The summed E-state index contributed by atoms with van der Waals surface area (Å²) in [7, 11) is -1.94. The predicted molar refractivity (Wildman–Crippen MR) is 146 cm³/mol. The van der Waals surface area contributed by atoms with Crippen molar-refractivity contribution in [3.05, 3.63) is 53.9 Å². The summed E-state index contributed by atoms with van der Waals surface area (Å²) < 4.78 is 44.6. The Bertz CT molecular complexity index is 1360. The SMILES string of the molecule is C=C(N)N=C(C)N=C(N)c1cc([C@H](C)N2CCN(S(C)(=O)=O)C[C@H]2C)cnc1Nc1cnc(OC)c(F)c1. The average molecular weight is 548 g/mol. The first-order chi connectivity index (χ1) is 17.8. The van der Waals surface area contributed by atoms with Gasteiger partial charge in [0.05, 0.1) is 30.8 Å². The highest BCUT2D eigenvalue weighted by molar-refractivity contribution is 7.88. The van der Waals surface area contributed by atoms with E-state index in [9.17, 15) is 12.8 Å². The Morgan fingerprint density at radius 3 is 2.55 bits per heavy atom. The van der Waals surface area contributed by atoms with E-state index in [0.29, 0.717) is 42.5 Å². The Balaban J connectivity index is 1.98. The second-order valence-electron chi connectivity index (χ2n) is 9.04. The number of anilines is 2. The Labute approximate surface area is 222 Å². The van der Waals surface area contributed by atoms with Crippen LogP contribution in [0.4, 0.5) is 15.9 Å². The molecule has 0 saturated carbocycles. The number of piperazine rings is 1. The highest BCUT2D eigenvalue weighted by Gasteiger charge is 2.32. The lowest BCUT2D eigenvalue weighted by Crippen LogP contribution is -2.53. The quantitative estimate of drug-likeness (QED) is 0.331. The molecule has 38 heavy (non-hydrogen) atoms. The van der Waals surface area contributed by atoms with E-state index in [4.69, 9.17) is 16.2 Å². The van der Waals surface area contributed by atoms with Crippen molar-refractivity contribution in [1.82, 2.24) is 19.2 Å². The molecule has 12 nitrogen and oxygen atoms in total. The van der Waals surface area contributed by atoms with Gasteiger partial charge < -0.3 is 21.5 Å². The number of nitrogens with two attached hydrogens (primary N) is 2. The maximum absolute atomic E-state index is 14.2. The van der Waals surface area contributed by atoms with Crippen molar-refractivity contribution in [3.63, 3.8) is 0 Å². The third-order valence-corrected chi connectivity index (χ3v) is 7.40. The molecule has 3 rings (SSSR count). The van der Waals surface area contributed by atoms with Crippen LogP contribution < -0.4 is 21.5 Å². The van der Waals surface area contributed by atoms with Gasteiger partial charge in [0.2, 0.25) is 15.9 Å². The number of methoxy groups -OCH3 is 1. The molecule has 14 heteroatoms. The minimum absolute atomic E-state index is 0.0287. The minimum atomic E-state index is -3.27. The number of aliphatic imine (C=N–C) groups is 2. The summed E-state index contributed by atoms with van der Waals surface area (Å²) in [5.41, 5.74) is 13.5. The van der Waals surface area contributed by atoms with E-state index in [1.54, 1.807) is 13.1 Å². The van der Waals surface area contributed by atoms with Gasteiger partial charge in [-0.15, -0.1) is 0 Å². The third-order valence-electron chi connectivity index (χ3n) is 6.13. The van der Waals surface area contributed by atoms with Crippen LogP contribution in [0.2, 0.25) is 0 Å². The summed E-state index contributed by atoms with van der Waals surface area (Å²) in [5, 5.41) is 3.04. The molecule has 2 aromatic heterocycles. The number of hydrogen-bond donors (Lipinski definition) is 3. The maximum atomic E-state index is 14.2. The number of pyridine rings is 2. The molecule has 3 heterocycles. The largest absolute Gasteiger partial charge is 0.479 e. The molecule has 0 aromatic carbocycles. The zero-order valence-electron chi connectivity index (χ0n) is 22.1. The van der Waals surface area contributed by atoms with Crippen LogP contribution in [0, 0.1) is 5.82 Å². The smallest absolute Gasteiger partial charge is 0.250 e. The van der Waals surface area contributed by atoms with Crippen LogP contribution in [-0.4, -0.2) is 78.3 Å². The second kappa shape index (κ2) is 11.8. The summed E-state index contributed by atoms with van der Waals surface area (Å²) in [6.45, 7) is 10.5. The fraction of sp³-hybridized carbons (Fsp3) is 0.417. The first kappa shape index (κ1) is 28.9. The van der Waals surface area contributed by atoms with Gasteiger partial charge in [0.1, 0.15) is 23.3 Å². The van der Waals surface area contributed by atoms with E-state index >= 15 is 0 Å². The highest BCUT2D eigenvalue weighted by atomic mass is 32.2. The van der Waals surface area contributed by atoms with Crippen LogP contribution >= 0.6 is 0 Å². The van der Waals surface area contributed by atoms with E-state index in [0.717, 1.165) is 5.56 Å². The second-order valence-corrected chi connectivity index (χ2v) is 11.0. The van der Waals surface area contributed by atoms with Crippen molar-refractivity contribution in [2.45, 2.75) is 32.9 Å². The number of rotatable bonds is 8. The fourth-order valence-corrected chi connectivity index (χ4v) is 5.16. The van der Waals surface area contributed by atoms with Crippen molar-refractivity contribution in [2.75, 3.05) is 38.3 Å². The first-order valence-electron chi connectivity index (χ1n) is 11.8. The van der Waals surface area contributed by atoms with Crippen LogP contribution in [-0.2, 0) is 10.0 Å². The van der Waals surface area contributed by atoms with Crippen molar-refractivity contribution < 1.29 is 17.5 Å². The summed E-state index contributed by atoms with van der Waals surface area (Å²) in [6, 6.07) is 2.93. The van der Waals surface area contributed by atoms with Crippen LogP contribution in [0.3, 0.4) is 0 Å². The Hall–Kier alpha value is -3.62. The van der Waals surface area contributed by atoms with Gasteiger partial charge in [0, 0.05) is 44.0 Å². The lowest BCUT2D eigenvalue weighted by atomic mass is 10.0. The molecular formula is C24H34FN9O3S. The van der Waals surface area contributed by atoms with Crippen LogP contribution in [0.15, 0.2) is 46.9 Å². The predicted octanol–water partition coefficient (Wildman–Crippen LogP) is 1.95. The third kappa shape index (κ3) is 7.02. The van der Waals surface area contributed by atoms with Gasteiger partial charge in [0.15, 0.2) is 5.82 Å². The molecule has 2 atom stereocenters. The molecule has 1 aliphatic heterocycles. The molecule has 1 fully saturated rings. The number of ether oxygens (including phenoxy) is 1. The number of halogens is 1. The lowest BCUT2D eigenvalue weighted by Gasteiger charge is -2.42. The zero-order valence-corrected chi connectivity index (χ0v) is 23.0. The summed E-state index contributed by atoms with van der Waals surface area (Å²) in [6.07, 6.45) is 4.32. The van der Waals surface area contributed by atoms with Crippen molar-refractivity contribution in [2.24, 2.45) is 21.5 Å². The Morgan fingerprint density at radius 2 is 1.97 bits per heavy atom. The molecule has 0 spiro atoms. The van der Waals surface area contributed by atoms with E-state index in [2.05, 4.69) is 36.7 Å². The van der Waals surface area contributed by atoms with Gasteiger partial charge in [-0.05, 0) is 32.4 Å². The number of amidine groups is 2. The monoisotopic (exact) mass is 547 g/mol. The van der Waals surface area contributed by atoms with Crippen LogP contribution in [0.1, 0.15) is 37.9 Å². The van der Waals surface area contributed by atoms with E-state index < -0.39 is 15.8 Å². The number of sulfonamides is 1. The molecule has 0 radical (unpaired) electrons. The average Bonchev–Trinajstić information content (AvgIpc) is 2.82. The van der Waals surface area contributed by atoms with E-state index in [1.165, 1.54) is 29.9 Å². The number of aromatic nitrogens is 2. The van der Waals surface area contributed by atoms with Gasteiger partial charge in [-0.25, -0.2) is 32.8 Å². The molecule has 1 aliphatic rings. The molecule has 0 bridgehead atoms. The molecule has 1 saturated heterocycles. The highest BCUT2D eigenvalue weighted by Crippen LogP contribution is 2.29. The molecule has 0 amide bonds. The van der Waals surface area contributed by atoms with Crippen molar-refractivity contribution in [3.8, 4) is 5.88 Å². The fourth-order valence-electron chi connectivity index (χ4n) is 4.26. The van der Waals surface area contributed by atoms with Gasteiger partial charge in [-0.3, -0.25) is 4.90 Å². The van der Waals surface area contributed by atoms with Gasteiger partial charge in [-0.2, -0.15) is 4.31 Å². The Kier molecular flexibility index (Phi) is 9.01. The van der Waals surface area contributed by atoms with Crippen molar-refractivity contribution in [1.29, 1.82) is 0 Å². The standard InChI is InChI=1S/C24H34FN9O3S/c1-14-13-33(38(6,35)36)7-8-34(14)15(2)18-9-20(22(27)31-17(4)30-16(3)26)23(28-11-18)32-19-10-21(25)24(37-5)29-12-19/h9-12,14-15H,3,7-8,13,26H2,1-2,4-6H3,(H,28,32)(H2,27,30,31)/t14-,15+/m1/s1. The van der Waals surface area contributed by atoms with Crippen LogP contribution in [0.25, 0.3) is 0 Å². The molecule has 2 aromatic rings. The summed E-state index contributed by atoms with van der Waals surface area (Å²) >= 11 is 0. The molecule has 0 unspecified atom stereocenters. The van der Waals surface area contributed by atoms with Crippen molar-refractivity contribution >= 4 is 33.2 Å². The molecule has 206 valence electrons. The van der Waals surface area contributed by atoms with Gasteiger partial charge in [-0.1, -0.05) is 6.58 Å². The first-order valence-corrected chi connectivity index (χ1v) is 13.7. The summed E-state index contributed by atoms with van der Waals surface area (Å²) in [4.78, 5) is 19.0. The normalized spacial score (nSPS) is 18.7.